The molecule has 1 aromatic rings. The van der Waals surface area contributed by atoms with Crippen LogP contribution in [0.25, 0.3) is 0 Å². The van der Waals surface area contributed by atoms with Crippen molar-refractivity contribution in [2.75, 3.05) is 0 Å². The van der Waals surface area contributed by atoms with E-state index in [1.54, 1.807) is 16.7 Å². The van der Waals surface area contributed by atoms with Gasteiger partial charge in [0.25, 0.3) is 0 Å². The molecule has 2 saturated carbocycles. The molecule has 0 amide bonds. The monoisotopic (exact) mass is 412 g/mol. The van der Waals surface area contributed by atoms with Gasteiger partial charge in [0.1, 0.15) is 0 Å². The Hall–Kier alpha value is 0.324. The SMILES string of the molecule is Cc1c[c-]c2c(c1C)CC[C@H]1[C@@]2(C)CCC2C(C)(C)CCC[C@@]21C.[Y]. The molecule has 4 rings (SSSR count). The van der Waals surface area contributed by atoms with Crippen LogP contribution in [0.5, 0.6) is 0 Å². The number of hydrogen-bond donors (Lipinski definition) is 0. The minimum atomic E-state index is 0. The Balaban J connectivity index is 0.00000182. The summed E-state index contributed by atoms with van der Waals surface area (Å²) in [5.74, 6) is 1.75. The van der Waals surface area contributed by atoms with Gasteiger partial charge in [0, 0.05) is 32.7 Å². The molecule has 3 aliphatic rings. The first-order valence-electron chi connectivity index (χ1n) is 10.2. The van der Waals surface area contributed by atoms with Gasteiger partial charge in [-0.2, -0.15) is 28.8 Å². The maximum atomic E-state index is 3.77. The van der Waals surface area contributed by atoms with Gasteiger partial charge in [-0.25, -0.2) is 0 Å². The third kappa shape index (κ3) is 2.76. The van der Waals surface area contributed by atoms with Crippen molar-refractivity contribution in [1.82, 2.24) is 0 Å². The van der Waals surface area contributed by atoms with Gasteiger partial charge in [-0.05, 0) is 53.8 Å². The van der Waals surface area contributed by atoms with Gasteiger partial charge in [0.15, 0.2) is 0 Å². The van der Waals surface area contributed by atoms with Gasteiger partial charge in [-0.15, -0.1) is 5.56 Å². The minimum absolute atomic E-state index is 0. The molecule has 0 heterocycles. The Labute approximate surface area is 180 Å². The number of aryl methyl sites for hydroxylation is 1. The second-order valence-electron chi connectivity index (χ2n) is 10.4. The molecule has 0 N–H and O–H groups in total. The number of hydrogen-bond acceptors (Lipinski definition) is 0. The van der Waals surface area contributed by atoms with Crippen LogP contribution >= 0.6 is 0 Å². The van der Waals surface area contributed by atoms with Gasteiger partial charge in [-0.1, -0.05) is 60.8 Å². The second-order valence-corrected chi connectivity index (χ2v) is 10.4. The molecule has 1 heteroatoms. The third-order valence-corrected chi connectivity index (χ3v) is 8.83. The first-order chi connectivity index (χ1) is 11.2. The van der Waals surface area contributed by atoms with Crippen molar-refractivity contribution in [2.24, 2.45) is 22.7 Å². The summed E-state index contributed by atoms with van der Waals surface area (Å²) in [6.07, 6.45) is 9.76. The van der Waals surface area contributed by atoms with Crippen LogP contribution in [-0.4, -0.2) is 0 Å². The van der Waals surface area contributed by atoms with Crippen molar-refractivity contribution in [3.63, 3.8) is 0 Å². The second kappa shape index (κ2) is 6.44. The number of benzene rings is 1. The van der Waals surface area contributed by atoms with E-state index in [0.717, 1.165) is 11.8 Å². The van der Waals surface area contributed by atoms with E-state index < -0.39 is 0 Å². The average molecular weight is 412 g/mol. The summed E-state index contributed by atoms with van der Waals surface area (Å²) in [4.78, 5) is 0. The molecule has 0 bridgehead atoms. The van der Waals surface area contributed by atoms with Gasteiger partial charge >= 0.3 is 0 Å². The van der Waals surface area contributed by atoms with Crippen LogP contribution in [-0.2, 0) is 44.5 Å². The van der Waals surface area contributed by atoms with E-state index in [-0.39, 0.29) is 32.7 Å². The first-order valence-corrected chi connectivity index (χ1v) is 10.2. The quantitative estimate of drug-likeness (QED) is 0.424. The summed E-state index contributed by atoms with van der Waals surface area (Å²) in [6.45, 7) is 14.9. The Morgan fingerprint density at radius 1 is 0.960 bits per heavy atom. The Morgan fingerprint density at radius 3 is 2.40 bits per heavy atom. The van der Waals surface area contributed by atoms with Gasteiger partial charge in [0.05, 0.1) is 0 Å². The third-order valence-electron chi connectivity index (χ3n) is 8.83. The maximum Gasteiger partial charge on any atom is 0 e. The van der Waals surface area contributed by atoms with Crippen molar-refractivity contribution < 1.29 is 32.7 Å². The molecule has 25 heavy (non-hydrogen) atoms. The predicted molar refractivity (Wildman–Crippen MR) is 102 cm³/mol. The summed E-state index contributed by atoms with van der Waals surface area (Å²) < 4.78 is 0. The topological polar surface area (TPSA) is 0 Å². The zero-order valence-corrected chi connectivity index (χ0v) is 20.1. The standard InChI is InChI=1S/C24H35.Y/c1-16-8-10-19-18(17(16)2)9-11-21-23(19,5)15-12-20-22(3,4)13-7-14-24(20,21)6;/h8,20-21H,7,9,11-15H2,1-6H3;/q-1;/t20?,21-,23-,24-;/m0./s1. The molecule has 1 unspecified atom stereocenters. The van der Waals surface area contributed by atoms with E-state index in [0.29, 0.717) is 16.2 Å². The van der Waals surface area contributed by atoms with Crippen molar-refractivity contribution in [3.8, 4) is 0 Å². The predicted octanol–water partition coefficient (Wildman–Crippen LogP) is 6.55. The molecule has 4 atom stereocenters. The summed E-state index contributed by atoms with van der Waals surface area (Å²) in [5.41, 5.74) is 7.61. The van der Waals surface area contributed by atoms with E-state index in [1.165, 1.54) is 50.5 Å². The molecule has 0 spiro atoms. The smallest absolute Gasteiger partial charge is 0 e. The molecule has 0 aliphatic heterocycles. The Bertz CT molecular complexity index is 673. The van der Waals surface area contributed by atoms with E-state index in [4.69, 9.17) is 0 Å². The molecule has 3 aliphatic carbocycles. The molecule has 2 fully saturated rings. The Morgan fingerprint density at radius 2 is 1.68 bits per heavy atom. The molecular weight excluding hydrogens is 377 g/mol. The van der Waals surface area contributed by atoms with Crippen molar-refractivity contribution in [2.45, 2.75) is 91.9 Å². The van der Waals surface area contributed by atoms with Crippen molar-refractivity contribution >= 4 is 0 Å². The van der Waals surface area contributed by atoms with E-state index in [2.05, 4.69) is 53.7 Å². The molecular formula is C24H35Y-. The molecule has 1 aromatic carbocycles. The van der Waals surface area contributed by atoms with Crippen molar-refractivity contribution in [1.29, 1.82) is 0 Å². The van der Waals surface area contributed by atoms with Crippen LogP contribution < -0.4 is 0 Å². The van der Waals surface area contributed by atoms with Gasteiger partial charge in [0.2, 0.25) is 0 Å². The summed E-state index contributed by atoms with van der Waals surface area (Å²) in [6, 6.07) is 6.04. The zero-order chi connectivity index (χ0) is 17.3. The van der Waals surface area contributed by atoms with Crippen molar-refractivity contribution in [3.05, 3.63) is 34.4 Å². The van der Waals surface area contributed by atoms with Crippen LogP contribution in [0.3, 0.4) is 0 Å². The molecule has 1 radical (unpaired) electrons. The minimum Gasteiger partial charge on any atom is -0.179 e. The zero-order valence-electron chi connectivity index (χ0n) is 17.3. The molecule has 0 nitrogen and oxygen atoms in total. The number of fused-ring (bicyclic) bond motifs is 5. The number of rotatable bonds is 0. The van der Waals surface area contributed by atoms with Crippen LogP contribution in [0.1, 0.15) is 88.5 Å². The fourth-order valence-corrected chi connectivity index (χ4v) is 7.51. The van der Waals surface area contributed by atoms with Crippen LogP contribution in [0.2, 0.25) is 0 Å². The largest absolute Gasteiger partial charge is 0.179 e. The average Bonchev–Trinajstić information content (AvgIpc) is 2.49. The molecule has 135 valence electrons. The summed E-state index contributed by atoms with van der Waals surface area (Å²) in [5, 5.41) is 0. The van der Waals surface area contributed by atoms with E-state index in [1.807, 2.05) is 0 Å². The van der Waals surface area contributed by atoms with E-state index >= 15 is 0 Å². The summed E-state index contributed by atoms with van der Waals surface area (Å²) >= 11 is 0. The van der Waals surface area contributed by atoms with Gasteiger partial charge < -0.3 is 0 Å². The fraction of sp³-hybridized carbons (Fsp3) is 0.750. The van der Waals surface area contributed by atoms with Crippen LogP contribution in [0.15, 0.2) is 6.07 Å². The maximum absolute atomic E-state index is 3.77. The van der Waals surface area contributed by atoms with Crippen LogP contribution in [0.4, 0.5) is 0 Å². The normalized spacial score (nSPS) is 38.8. The summed E-state index contributed by atoms with van der Waals surface area (Å²) in [7, 11) is 0. The molecule has 0 saturated heterocycles. The van der Waals surface area contributed by atoms with Crippen LogP contribution in [0, 0.1) is 42.6 Å². The molecule has 0 aromatic heterocycles. The first kappa shape index (κ1) is 20.1. The van der Waals surface area contributed by atoms with Gasteiger partial charge in [-0.3, -0.25) is 0 Å². The Kier molecular flexibility index (Phi) is 5.17. The fourth-order valence-electron chi connectivity index (χ4n) is 7.51. The van der Waals surface area contributed by atoms with E-state index in [9.17, 15) is 0 Å².